The molecule has 132 valence electrons. The van der Waals surface area contributed by atoms with Crippen LogP contribution in [0.5, 0.6) is 5.75 Å². The number of benzene rings is 2. The lowest BCUT2D eigenvalue weighted by Crippen LogP contribution is -2.25. The highest BCUT2D eigenvalue weighted by atomic mass is 16.5. The second-order valence-corrected chi connectivity index (χ2v) is 5.67. The van der Waals surface area contributed by atoms with Crippen LogP contribution in [-0.2, 0) is 0 Å². The molecule has 1 N–H and O–H groups in total. The molecule has 0 aliphatic rings. The van der Waals surface area contributed by atoms with Crippen molar-refractivity contribution in [1.82, 2.24) is 9.78 Å². The van der Waals surface area contributed by atoms with Gasteiger partial charge in [-0.2, -0.15) is 5.10 Å². The van der Waals surface area contributed by atoms with Crippen molar-refractivity contribution in [2.45, 2.75) is 13.8 Å². The average Bonchev–Trinajstić information content (AvgIpc) is 2.65. The van der Waals surface area contributed by atoms with E-state index in [1.165, 1.54) is 16.9 Å². The molecule has 0 spiro atoms. The van der Waals surface area contributed by atoms with Crippen LogP contribution in [-0.4, -0.2) is 22.3 Å². The highest BCUT2D eigenvalue weighted by Gasteiger charge is 2.14. The third-order valence-electron chi connectivity index (χ3n) is 3.83. The topological polar surface area (TPSA) is 73.2 Å². The quantitative estimate of drug-likeness (QED) is 0.768. The van der Waals surface area contributed by atoms with Gasteiger partial charge in [-0.15, -0.1) is 0 Å². The van der Waals surface area contributed by atoms with Gasteiger partial charge in [-0.05, 0) is 49.7 Å². The van der Waals surface area contributed by atoms with E-state index < -0.39 is 11.3 Å². The Labute approximate surface area is 151 Å². The van der Waals surface area contributed by atoms with Gasteiger partial charge in [0.1, 0.15) is 5.75 Å². The van der Waals surface area contributed by atoms with Crippen molar-refractivity contribution < 1.29 is 9.53 Å². The lowest BCUT2D eigenvalue weighted by molar-refractivity contribution is 0.101. The molecule has 0 aliphatic carbocycles. The van der Waals surface area contributed by atoms with Crippen LogP contribution in [0.2, 0.25) is 0 Å². The van der Waals surface area contributed by atoms with Crippen molar-refractivity contribution >= 4 is 11.6 Å². The molecule has 0 radical (unpaired) electrons. The van der Waals surface area contributed by atoms with E-state index in [2.05, 4.69) is 10.4 Å². The van der Waals surface area contributed by atoms with E-state index in [1.807, 2.05) is 56.3 Å². The lowest BCUT2D eigenvalue weighted by Gasteiger charge is -2.10. The van der Waals surface area contributed by atoms with Crippen LogP contribution < -0.4 is 15.5 Å². The number of para-hydroxylation sites is 1. The SMILES string of the molecule is CCOc1ccc(-n2ccc(=O)c(C(=O)Nc3ccccc3C)n2)cc1. The fourth-order valence-corrected chi connectivity index (χ4v) is 2.47. The first-order valence-electron chi connectivity index (χ1n) is 8.28. The van der Waals surface area contributed by atoms with Crippen LogP contribution in [0.15, 0.2) is 65.6 Å². The Morgan fingerprint density at radius 1 is 1.12 bits per heavy atom. The predicted molar refractivity (Wildman–Crippen MR) is 100 cm³/mol. The predicted octanol–water partition coefficient (Wildman–Crippen LogP) is 3.19. The summed E-state index contributed by atoms with van der Waals surface area (Å²) in [6, 6.07) is 15.9. The second kappa shape index (κ2) is 7.65. The summed E-state index contributed by atoms with van der Waals surface area (Å²) in [4.78, 5) is 24.6. The fraction of sp³-hybridized carbons (Fsp3) is 0.150. The van der Waals surface area contributed by atoms with Gasteiger partial charge in [0.15, 0.2) is 5.69 Å². The Balaban J connectivity index is 1.89. The molecule has 26 heavy (non-hydrogen) atoms. The van der Waals surface area contributed by atoms with Gasteiger partial charge in [0.25, 0.3) is 5.91 Å². The Bertz CT molecular complexity index is 978. The molecule has 1 amide bonds. The number of rotatable bonds is 5. The molecule has 1 aromatic heterocycles. The third-order valence-corrected chi connectivity index (χ3v) is 3.83. The molecule has 3 rings (SSSR count). The van der Waals surface area contributed by atoms with Crippen LogP contribution >= 0.6 is 0 Å². The number of hydrogen-bond acceptors (Lipinski definition) is 4. The van der Waals surface area contributed by atoms with Crippen LogP contribution in [0.1, 0.15) is 23.0 Å². The highest BCUT2D eigenvalue weighted by molar-refractivity contribution is 6.03. The summed E-state index contributed by atoms with van der Waals surface area (Å²) in [6.45, 7) is 4.38. The maximum Gasteiger partial charge on any atom is 0.280 e. The largest absolute Gasteiger partial charge is 0.494 e. The minimum atomic E-state index is -0.537. The molecule has 6 nitrogen and oxygen atoms in total. The average molecular weight is 349 g/mol. The number of ether oxygens (including phenoxy) is 1. The number of carbonyl (C=O) groups is 1. The molecule has 0 aliphatic heterocycles. The van der Waals surface area contributed by atoms with E-state index in [0.717, 1.165) is 17.0 Å². The monoisotopic (exact) mass is 349 g/mol. The Morgan fingerprint density at radius 3 is 2.54 bits per heavy atom. The van der Waals surface area contributed by atoms with Crippen molar-refractivity contribution in [1.29, 1.82) is 0 Å². The zero-order valence-electron chi connectivity index (χ0n) is 14.6. The minimum Gasteiger partial charge on any atom is -0.494 e. The summed E-state index contributed by atoms with van der Waals surface area (Å²) in [5, 5.41) is 6.93. The first kappa shape index (κ1) is 17.4. The van der Waals surface area contributed by atoms with Gasteiger partial charge in [0, 0.05) is 18.0 Å². The van der Waals surface area contributed by atoms with E-state index in [1.54, 1.807) is 6.07 Å². The van der Waals surface area contributed by atoms with Crippen molar-refractivity contribution in [2.75, 3.05) is 11.9 Å². The molecule has 0 fully saturated rings. The van der Waals surface area contributed by atoms with E-state index in [4.69, 9.17) is 4.74 Å². The number of anilines is 1. The summed E-state index contributed by atoms with van der Waals surface area (Å²) < 4.78 is 6.90. The molecule has 0 saturated heterocycles. The Morgan fingerprint density at radius 2 is 1.85 bits per heavy atom. The smallest absolute Gasteiger partial charge is 0.280 e. The molecule has 2 aromatic carbocycles. The standard InChI is InChI=1S/C20H19N3O3/c1-3-26-16-10-8-15(9-11-16)23-13-12-18(24)19(22-23)20(25)21-17-7-5-4-6-14(17)2/h4-13H,3H2,1-2H3,(H,21,25). The summed E-state index contributed by atoms with van der Waals surface area (Å²) in [7, 11) is 0. The van der Waals surface area contributed by atoms with E-state index in [9.17, 15) is 9.59 Å². The summed E-state index contributed by atoms with van der Waals surface area (Å²) in [6.07, 6.45) is 1.53. The Kier molecular flexibility index (Phi) is 5.12. The maximum absolute atomic E-state index is 12.5. The number of nitrogens with zero attached hydrogens (tertiary/aromatic N) is 2. The van der Waals surface area contributed by atoms with Crippen LogP contribution in [0.4, 0.5) is 5.69 Å². The van der Waals surface area contributed by atoms with Crippen molar-refractivity contribution in [2.24, 2.45) is 0 Å². The minimum absolute atomic E-state index is 0.162. The number of amides is 1. The van der Waals surface area contributed by atoms with E-state index in [-0.39, 0.29) is 5.69 Å². The number of aromatic nitrogens is 2. The van der Waals surface area contributed by atoms with Crippen molar-refractivity contribution in [3.8, 4) is 11.4 Å². The van der Waals surface area contributed by atoms with Crippen molar-refractivity contribution in [3.05, 3.63) is 82.3 Å². The second-order valence-electron chi connectivity index (χ2n) is 5.67. The van der Waals surface area contributed by atoms with Gasteiger partial charge in [-0.3, -0.25) is 9.59 Å². The molecule has 0 unspecified atom stereocenters. The first-order chi connectivity index (χ1) is 12.6. The summed E-state index contributed by atoms with van der Waals surface area (Å²) in [5.74, 6) is 0.208. The van der Waals surface area contributed by atoms with E-state index in [0.29, 0.717) is 12.3 Å². The van der Waals surface area contributed by atoms with Gasteiger partial charge in [-0.1, -0.05) is 18.2 Å². The summed E-state index contributed by atoms with van der Waals surface area (Å²) in [5.41, 5.74) is 1.68. The number of nitrogens with one attached hydrogen (secondary N) is 1. The molecular weight excluding hydrogens is 330 g/mol. The maximum atomic E-state index is 12.5. The number of aryl methyl sites for hydroxylation is 1. The van der Waals surface area contributed by atoms with Gasteiger partial charge >= 0.3 is 0 Å². The van der Waals surface area contributed by atoms with Crippen molar-refractivity contribution in [3.63, 3.8) is 0 Å². The van der Waals surface area contributed by atoms with Gasteiger partial charge in [0.2, 0.25) is 5.43 Å². The number of hydrogen-bond donors (Lipinski definition) is 1. The third kappa shape index (κ3) is 3.80. The molecule has 1 heterocycles. The summed E-state index contributed by atoms with van der Waals surface area (Å²) >= 11 is 0. The molecule has 0 atom stereocenters. The zero-order chi connectivity index (χ0) is 18.5. The molecular formula is C20H19N3O3. The van der Waals surface area contributed by atoms with Gasteiger partial charge < -0.3 is 10.1 Å². The molecule has 0 saturated carbocycles. The molecule has 3 aromatic rings. The molecule has 0 bridgehead atoms. The van der Waals surface area contributed by atoms with Crippen LogP contribution in [0.25, 0.3) is 5.69 Å². The van der Waals surface area contributed by atoms with Crippen LogP contribution in [0, 0.1) is 6.92 Å². The van der Waals surface area contributed by atoms with Crippen LogP contribution in [0.3, 0.4) is 0 Å². The van der Waals surface area contributed by atoms with E-state index >= 15 is 0 Å². The highest BCUT2D eigenvalue weighted by Crippen LogP contribution is 2.15. The normalized spacial score (nSPS) is 10.4. The fourth-order valence-electron chi connectivity index (χ4n) is 2.47. The lowest BCUT2D eigenvalue weighted by atomic mass is 10.2. The first-order valence-corrected chi connectivity index (χ1v) is 8.28. The number of carbonyl (C=O) groups excluding carboxylic acids is 1. The zero-order valence-corrected chi connectivity index (χ0v) is 14.6. The van der Waals surface area contributed by atoms with Gasteiger partial charge in [-0.25, -0.2) is 4.68 Å². The van der Waals surface area contributed by atoms with Gasteiger partial charge in [0.05, 0.1) is 12.3 Å². The Hall–Kier alpha value is -3.41. The molecule has 6 heteroatoms.